The van der Waals surface area contributed by atoms with Crippen LogP contribution in [0.1, 0.15) is 65.2 Å². The van der Waals surface area contributed by atoms with E-state index in [2.05, 4.69) is 24.1 Å². The van der Waals surface area contributed by atoms with Crippen LogP contribution in [0.3, 0.4) is 0 Å². The van der Waals surface area contributed by atoms with Gasteiger partial charge in [-0.1, -0.05) is 26.7 Å². The van der Waals surface area contributed by atoms with Gasteiger partial charge in [-0.25, -0.2) is 0 Å². The number of nitrogens with zero attached hydrogens (tertiary/aromatic N) is 1. The van der Waals surface area contributed by atoms with E-state index in [9.17, 15) is 5.11 Å². The molecule has 1 aliphatic carbocycles. The zero-order valence-corrected chi connectivity index (χ0v) is 14.0. The molecule has 2 N–H and O–H groups in total. The summed E-state index contributed by atoms with van der Waals surface area (Å²) < 4.78 is 0. The Morgan fingerprint density at radius 3 is 2.33 bits per heavy atom. The fraction of sp³-hybridized carbons (Fsp3) is 1.00. The molecule has 3 aliphatic rings. The lowest BCUT2D eigenvalue weighted by molar-refractivity contribution is 0.0102. The highest BCUT2D eigenvalue weighted by molar-refractivity contribution is 4.99. The fourth-order valence-electron chi connectivity index (χ4n) is 5.03. The molecular weight excluding hydrogens is 260 g/mol. The van der Waals surface area contributed by atoms with Gasteiger partial charge in [0.25, 0.3) is 0 Å². The van der Waals surface area contributed by atoms with E-state index in [1.54, 1.807) is 0 Å². The molecule has 0 aromatic heterocycles. The molecule has 0 radical (unpaired) electrons. The first-order chi connectivity index (χ1) is 10.1. The molecule has 0 amide bonds. The normalized spacial score (nSPS) is 35.7. The van der Waals surface area contributed by atoms with Crippen LogP contribution in [0, 0.1) is 11.3 Å². The van der Waals surface area contributed by atoms with Gasteiger partial charge in [0, 0.05) is 25.2 Å². The Hall–Kier alpha value is -0.120. The van der Waals surface area contributed by atoms with Crippen LogP contribution in [0.4, 0.5) is 0 Å². The minimum absolute atomic E-state index is 0.0302. The van der Waals surface area contributed by atoms with E-state index in [1.807, 2.05) is 0 Å². The molecule has 2 aliphatic heterocycles. The number of nitrogens with one attached hydrogen (secondary N) is 1. The van der Waals surface area contributed by atoms with Crippen molar-refractivity contribution in [2.75, 3.05) is 19.6 Å². The average Bonchev–Trinajstić information content (AvgIpc) is 2.95. The van der Waals surface area contributed by atoms with Gasteiger partial charge in [0.15, 0.2) is 0 Å². The quantitative estimate of drug-likeness (QED) is 0.791. The van der Waals surface area contributed by atoms with Crippen molar-refractivity contribution >= 4 is 0 Å². The van der Waals surface area contributed by atoms with Crippen molar-refractivity contribution in [2.24, 2.45) is 11.3 Å². The molecule has 3 heteroatoms. The van der Waals surface area contributed by atoms with Crippen molar-refractivity contribution in [3.63, 3.8) is 0 Å². The van der Waals surface area contributed by atoms with Gasteiger partial charge in [0.05, 0.1) is 6.10 Å². The Labute approximate surface area is 130 Å². The third kappa shape index (κ3) is 3.62. The Morgan fingerprint density at radius 1 is 1.14 bits per heavy atom. The molecule has 2 heterocycles. The lowest BCUT2D eigenvalue weighted by Crippen LogP contribution is -2.51. The minimum Gasteiger partial charge on any atom is -0.393 e. The minimum atomic E-state index is -0.0302. The lowest BCUT2D eigenvalue weighted by Gasteiger charge is -2.43. The summed E-state index contributed by atoms with van der Waals surface area (Å²) in [6, 6.07) is 1.34. The molecule has 2 unspecified atom stereocenters. The summed E-state index contributed by atoms with van der Waals surface area (Å²) in [4.78, 5) is 2.79. The third-order valence-corrected chi connectivity index (χ3v) is 6.09. The molecule has 2 saturated heterocycles. The number of rotatable bonds is 6. The predicted molar refractivity (Wildman–Crippen MR) is 87.4 cm³/mol. The summed E-state index contributed by atoms with van der Waals surface area (Å²) in [6.07, 6.45) is 10.3. The number of hydrogen-bond donors (Lipinski definition) is 2. The predicted octanol–water partition coefficient (Wildman–Crippen LogP) is 2.78. The molecule has 2 bridgehead atoms. The molecular formula is C18H34N2O. The van der Waals surface area contributed by atoms with Crippen LogP contribution < -0.4 is 5.32 Å². The fourth-order valence-corrected chi connectivity index (χ4v) is 5.03. The molecule has 0 aromatic rings. The first-order valence-electron chi connectivity index (χ1n) is 9.22. The van der Waals surface area contributed by atoms with Gasteiger partial charge >= 0.3 is 0 Å². The van der Waals surface area contributed by atoms with Crippen LogP contribution >= 0.6 is 0 Å². The molecule has 0 aromatic carbocycles. The largest absolute Gasteiger partial charge is 0.393 e. The maximum absolute atomic E-state index is 10.00. The number of aliphatic hydroxyl groups excluding tert-OH is 1. The smallest absolute Gasteiger partial charge is 0.0570 e. The third-order valence-electron chi connectivity index (χ3n) is 6.09. The van der Waals surface area contributed by atoms with Gasteiger partial charge in [0.1, 0.15) is 0 Å². The van der Waals surface area contributed by atoms with Gasteiger partial charge in [-0.2, -0.15) is 0 Å². The zero-order chi connectivity index (χ0) is 14.9. The Bertz CT molecular complexity index is 324. The first-order valence-corrected chi connectivity index (χ1v) is 9.22. The molecule has 3 rings (SSSR count). The zero-order valence-electron chi connectivity index (χ0n) is 14.0. The van der Waals surface area contributed by atoms with Gasteiger partial charge in [0.2, 0.25) is 0 Å². The summed E-state index contributed by atoms with van der Waals surface area (Å²) in [7, 11) is 0. The SMILES string of the molecule is CC(C)CNCC1(CN2C3CCC2CC(O)C3)CCCC1. The highest BCUT2D eigenvalue weighted by atomic mass is 16.3. The van der Waals surface area contributed by atoms with Crippen LogP contribution in [0.25, 0.3) is 0 Å². The molecule has 1 saturated carbocycles. The Kier molecular flexibility index (Phi) is 4.92. The van der Waals surface area contributed by atoms with Crippen LogP contribution in [0.2, 0.25) is 0 Å². The topological polar surface area (TPSA) is 35.5 Å². The molecule has 122 valence electrons. The van der Waals surface area contributed by atoms with Gasteiger partial charge in [-0.3, -0.25) is 4.90 Å². The maximum Gasteiger partial charge on any atom is 0.0570 e. The summed E-state index contributed by atoms with van der Waals surface area (Å²) in [5, 5.41) is 13.7. The second-order valence-electron chi connectivity index (χ2n) is 8.41. The number of fused-ring (bicyclic) bond motifs is 2. The number of hydrogen-bond acceptors (Lipinski definition) is 3. The standard InChI is InChI=1S/C18H34N2O/c1-14(2)11-19-12-18(7-3-4-8-18)13-20-15-5-6-16(20)10-17(21)9-15/h14-17,19,21H,3-13H2,1-2H3. The van der Waals surface area contributed by atoms with E-state index in [0.29, 0.717) is 17.5 Å². The van der Waals surface area contributed by atoms with Gasteiger partial charge < -0.3 is 10.4 Å². The van der Waals surface area contributed by atoms with Crippen molar-refractivity contribution in [1.29, 1.82) is 0 Å². The van der Waals surface area contributed by atoms with Gasteiger partial charge in [-0.05, 0) is 56.4 Å². The summed E-state index contributed by atoms with van der Waals surface area (Å²) in [6.45, 7) is 8.21. The molecule has 2 atom stereocenters. The van der Waals surface area contributed by atoms with Crippen molar-refractivity contribution in [2.45, 2.75) is 83.4 Å². The molecule has 21 heavy (non-hydrogen) atoms. The summed E-state index contributed by atoms with van der Waals surface area (Å²) in [5.74, 6) is 0.741. The first kappa shape index (κ1) is 15.8. The van der Waals surface area contributed by atoms with E-state index in [-0.39, 0.29) is 6.10 Å². The van der Waals surface area contributed by atoms with Gasteiger partial charge in [-0.15, -0.1) is 0 Å². The van der Waals surface area contributed by atoms with E-state index in [0.717, 1.165) is 25.3 Å². The Morgan fingerprint density at radius 2 is 1.76 bits per heavy atom. The van der Waals surface area contributed by atoms with Crippen molar-refractivity contribution in [1.82, 2.24) is 10.2 Å². The molecule has 3 fully saturated rings. The van der Waals surface area contributed by atoms with E-state index < -0.39 is 0 Å². The maximum atomic E-state index is 10.00. The summed E-state index contributed by atoms with van der Waals surface area (Å²) >= 11 is 0. The van der Waals surface area contributed by atoms with E-state index in [4.69, 9.17) is 0 Å². The second kappa shape index (κ2) is 6.55. The van der Waals surface area contributed by atoms with Crippen LogP contribution in [-0.4, -0.2) is 47.8 Å². The molecule has 0 spiro atoms. The highest BCUT2D eigenvalue weighted by Gasteiger charge is 2.44. The van der Waals surface area contributed by atoms with Crippen molar-refractivity contribution < 1.29 is 5.11 Å². The second-order valence-corrected chi connectivity index (χ2v) is 8.41. The number of aliphatic hydroxyl groups is 1. The van der Waals surface area contributed by atoms with Crippen LogP contribution in [-0.2, 0) is 0 Å². The van der Waals surface area contributed by atoms with E-state index in [1.165, 1.54) is 51.6 Å². The van der Waals surface area contributed by atoms with Crippen molar-refractivity contribution in [3.8, 4) is 0 Å². The molecule has 3 nitrogen and oxygen atoms in total. The monoisotopic (exact) mass is 294 g/mol. The highest BCUT2D eigenvalue weighted by Crippen LogP contribution is 2.43. The summed E-state index contributed by atoms with van der Waals surface area (Å²) in [5.41, 5.74) is 0.512. The Balaban J connectivity index is 1.60. The number of piperidine rings is 1. The van der Waals surface area contributed by atoms with E-state index >= 15 is 0 Å². The average molecular weight is 294 g/mol. The van der Waals surface area contributed by atoms with Crippen molar-refractivity contribution in [3.05, 3.63) is 0 Å². The van der Waals surface area contributed by atoms with Crippen LogP contribution in [0.5, 0.6) is 0 Å². The lowest BCUT2D eigenvalue weighted by atomic mass is 9.83. The van der Waals surface area contributed by atoms with Crippen LogP contribution in [0.15, 0.2) is 0 Å².